The number of halogens is 1. The lowest BCUT2D eigenvalue weighted by molar-refractivity contribution is -0.116. The van der Waals surface area contributed by atoms with E-state index in [0.29, 0.717) is 18.1 Å². The third-order valence-corrected chi connectivity index (χ3v) is 3.49. The largest absolute Gasteiger partial charge is 0.299 e. The van der Waals surface area contributed by atoms with E-state index in [2.05, 4.69) is 13.8 Å². The van der Waals surface area contributed by atoms with Crippen molar-refractivity contribution in [3.05, 3.63) is 30.1 Å². The molecule has 94 valence electrons. The smallest absolute Gasteiger partial charge is 0.143 e. The minimum atomic E-state index is -0.248. The Kier molecular flexibility index (Phi) is 6.27. The molecule has 1 nitrogen and oxygen atoms in total. The molecule has 0 amide bonds. The Morgan fingerprint density at radius 2 is 2.18 bits per heavy atom. The predicted molar refractivity (Wildman–Crippen MR) is 70.8 cm³/mol. The van der Waals surface area contributed by atoms with Gasteiger partial charge in [0.25, 0.3) is 0 Å². The number of rotatable bonds is 7. The van der Waals surface area contributed by atoms with E-state index in [0.717, 1.165) is 17.7 Å². The van der Waals surface area contributed by atoms with Crippen molar-refractivity contribution < 1.29 is 9.18 Å². The van der Waals surface area contributed by atoms with Crippen LogP contribution in [0.15, 0.2) is 29.2 Å². The standard InChI is InChI=1S/C14H19FOS/c1-11(2)5-3-7-13(16)10-17-14-8-4-6-12(15)9-14/h4,6,8-9,11H,3,5,7,10H2,1-2H3. The second-order valence-corrected chi connectivity index (χ2v) is 5.62. The van der Waals surface area contributed by atoms with Gasteiger partial charge in [-0.1, -0.05) is 26.3 Å². The molecular formula is C14H19FOS. The maximum absolute atomic E-state index is 12.9. The molecule has 0 fully saturated rings. The molecule has 3 heteroatoms. The zero-order valence-corrected chi connectivity index (χ0v) is 11.2. The second-order valence-electron chi connectivity index (χ2n) is 4.57. The number of Topliss-reactive ketones (excluding diaryl/α,β-unsaturated/α-hetero) is 1. The monoisotopic (exact) mass is 254 g/mol. The van der Waals surface area contributed by atoms with E-state index >= 15 is 0 Å². The number of benzene rings is 1. The number of hydrogen-bond donors (Lipinski definition) is 0. The molecule has 0 saturated heterocycles. The van der Waals surface area contributed by atoms with Crippen molar-refractivity contribution in [1.29, 1.82) is 0 Å². The van der Waals surface area contributed by atoms with E-state index in [1.807, 2.05) is 6.07 Å². The Hall–Kier alpha value is -0.830. The fourth-order valence-corrected chi connectivity index (χ4v) is 2.34. The van der Waals surface area contributed by atoms with Gasteiger partial charge < -0.3 is 0 Å². The topological polar surface area (TPSA) is 17.1 Å². The number of thioether (sulfide) groups is 1. The molecule has 0 bridgehead atoms. The Labute approximate surface area is 107 Å². The Balaban J connectivity index is 2.24. The van der Waals surface area contributed by atoms with Crippen LogP contribution < -0.4 is 0 Å². The predicted octanol–water partition coefficient (Wildman–Crippen LogP) is 4.31. The second kappa shape index (κ2) is 7.49. The van der Waals surface area contributed by atoms with Crippen LogP contribution in [-0.4, -0.2) is 11.5 Å². The van der Waals surface area contributed by atoms with Crippen molar-refractivity contribution in [2.75, 3.05) is 5.75 Å². The SMILES string of the molecule is CC(C)CCCC(=O)CSc1cccc(F)c1. The van der Waals surface area contributed by atoms with Crippen LogP contribution in [0.25, 0.3) is 0 Å². The molecule has 0 heterocycles. The third-order valence-electron chi connectivity index (χ3n) is 2.43. The lowest BCUT2D eigenvalue weighted by Gasteiger charge is -2.04. The highest BCUT2D eigenvalue weighted by atomic mass is 32.2. The Morgan fingerprint density at radius 1 is 1.41 bits per heavy atom. The molecule has 0 aliphatic heterocycles. The fourth-order valence-electron chi connectivity index (χ4n) is 1.50. The van der Waals surface area contributed by atoms with E-state index in [1.54, 1.807) is 6.07 Å². The summed E-state index contributed by atoms with van der Waals surface area (Å²) >= 11 is 1.41. The average Bonchev–Trinajstić information content (AvgIpc) is 2.26. The van der Waals surface area contributed by atoms with Gasteiger partial charge in [-0.3, -0.25) is 4.79 Å². The zero-order valence-electron chi connectivity index (χ0n) is 10.4. The summed E-state index contributed by atoms with van der Waals surface area (Å²) in [5.74, 6) is 1.10. The summed E-state index contributed by atoms with van der Waals surface area (Å²) in [4.78, 5) is 12.4. The van der Waals surface area contributed by atoms with Crippen LogP contribution >= 0.6 is 11.8 Å². The van der Waals surface area contributed by atoms with Crippen LogP contribution in [0.2, 0.25) is 0 Å². The normalized spacial score (nSPS) is 10.8. The van der Waals surface area contributed by atoms with Crippen LogP contribution in [0, 0.1) is 11.7 Å². The summed E-state index contributed by atoms with van der Waals surface area (Å²) in [7, 11) is 0. The molecule has 0 spiro atoms. The van der Waals surface area contributed by atoms with E-state index < -0.39 is 0 Å². The average molecular weight is 254 g/mol. The van der Waals surface area contributed by atoms with Gasteiger partial charge in [0.1, 0.15) is 11.6 Å². The maximum Gasteiger partial charge on any atom is 0.143 e. The summed E-state index contributed by atoms with van der Waals surface area (Å²) in [5, 5.41) is 0. The molecule has 1 aromatic rings. The Morgan fingerprint density at radius 3 is 2.82 bits per heavy atom. The van der Waals surface area contributed by atoms with E-state index in [4.69, 9.17) is 0 Å². The van der Waals surface area contributed by atoms with E-state index in [9.17, 15) is 9.18 Å². The number of ketones is 1. The van der Waals surface area contributed by atoms with Crippen molar-refractivity contribution in [1.82, 2.24) is 0 Å². The molecule has 17 heavy (non-hydrogen) atoms. The molecule has 0 unspecified atom stereocenters. The zero-order chi connectivity index (χ0) is 12.7. The number of hydrogen-bond acceptors (Lipinski definition) is 2. The first-order valence-electron chi connectivity index (χ1n) is 5.98. The summed E-state index contributed by atoms with van der Waals surface area (Å²) in [6, 6.07) is 6.37. The molecule has 1 aromatic carbocycles. The fraction of sp³-hybridized carbons (Fsp3) is 0.500. The minimum Gasteiger partial charge on any atom is -0.299 e. The van der Waals surface area contributed by atoms with Crippen molar-refractivity contribution in [2.45, 2.75) is 38.0 Å². The summed E-state index contributed by atoms with van der Waals surface area (Å²) in [5.41, 5.74) is 0. The molecule has 0 saturated carbocycles. The molecule has 0 aliphatic carbocycles. The summed E-state index contributed by atoms with van der Waals surface area (Å²) < 4.78 is 12.9. The van der Waals surface area contributed by atoms with Gasteiger partial charge in [-0.25, -0.2) is 4.39 Å². The summed E-state index contributed by atoms with van der Waals surface area (Å²) in [6.07, 6.45) is 2.69. The molecular weight excluding hydrogens is 235 g/mol. The van der Waals surface area contributed by atoms with Gasteiger partial charge in [0.15, 0.2) is 0 Å². The van der Waals surface area contributed by atoms with E-state index in [-0.39, 0.29) is 11.6 Å². The van der Waals surface area contributed by atoms with Crippen molar-refractivity contribution in [3.63, 3.8) is 0 Å². The lowest BCUT2D eigenvalue weighted by Crippen LogP contribution is -2.02. The van der Waals surface area contributed by atoms with Crippen molar-refractivity contribution in [2.24, 2.45) is 5.92 Å². The molecule has 0 radical (unpaired) electrons. The van der Waals surface area contributed by atoms with Crippen LogP contribution in [0.1, 0.15) is 33.1 Å². The molecule has 0 aliphatic rings. The highest BCUT2D eigenvalue weighted by molar-refractivity contribution is 8.00. The van der Waals surface area contributed by atoms with Crippen molar-refractivity contribution in [3.8, 4) is 0 Å². The first-order chi connectivity index (χ1) is 8.08. The highest BCUT2D eigenvalue weighted by Gasteiger charge is 2.04. The number of carbonyl (C=O) groups excluding carboxylic acids is 1. The molecule has 0 aromatic heterocycles. The van der Waals surface area contributed by atoms with Gasteiger partial charge in [-0.2, -0.15) is 0 Å². The quantitative estimate of drug-likeness (QED) is 0.674. The maximum atomic E-state index is 12.9. The highest BCUT2D eigenvalue weighted by Crippen LogP contribution is 2.19. The first kappa shape index (κ1) is 14.2. The molecule has 1 rings (SSSR count). The van der Waals surface area contributed by atoms with Crippen LogP contribution in [0.3, 0.4) is 0 Å². The number of carbonyl (C=O) groups is 1. The molecule has 0 atom stereocenters. The van der Waals surface area contributed by atoms with Gasteiger partial charge >= 0.3 is 0 Å². The van der Waals surface area contributed by atoms with Crippen molar-refractivity contribution >= 4 is 17.5 Å². The van der Waals surface area contributed by atoms with Gasteiger partial charge in [-0.15, -0.1) is 11.8 Å². The van der Waals surface area contributed by atoms with E-state index in [1.165, 1.54) is 23.9 Å². The first-order valence-corrected chi connectivity index (χ1v) is 6.96. The van der Waals surface area contributed by atoms with Gasteiger partial charge in [0, 0.05) is 11.3 Å². The van der Waals surface area contributed by atoms with Crippen LogP contribution in [0.4, 0.5) is 4.39 Å². The van der Waals surface area contributed by atoms with Crippen LogP contribution in [-0.2, 0) is 4.79 Å². The molecule has 0 N–H and O–H groups in total. The van der Waals surface area contributed by atoms with Crippen LogP contribution in [0.5, 0.6) is 0 Å². The van der Waals surface area contributed by atoms with Gasteiger partial charge in [0.2, 0.25) is 0 Å². The third kappa shape index (κ3) is 6.47. The lowest BCUT2D eigenvalue weighted by atomic mass is 10.1. The minimum absolute atomic E-state index is 0.248. The summed E-state index contributed by atoms with van der Waals surface area (Å²) in [6.45, 7) is 4.32. The van der Waals surface area contributed by atoms with Gasteiger partial charge in [0.05, 0.1) is 5.75 Å². The van der Waals surface area contributed by atoms with Gasteiger partial charge in [-0.05, 0) is 30.5 Å². The Bertz CT molecular complexity index is 363.